The van der Waals surface area contributed by atoms with Gasteiger partial charge in [-0.25, -0.2) is 0 Å². The molecule has 2 N–H and O–H groups in total. The molecule has 28 heavy (non-hydrogen) atoms. The van der Waals surface area contributed by atoms with Gasteiger partial charge in [0.1, 0.15) is 11.5 Å². The van der Waals surface area contributed by atoms with Crippen LogP contribution < -0.4 is 20.1 Å². The van der Waals surface area contributed by atoms with Gasteiger partial charge in [-0.15, -0.1) is 0 Å². The number of hydrogen-bond acceptors (Lipinski definition) is 4. The molecule has 2 unspecified atom stereocenters. The number of methoxy groups -OCH3 is 1. The van der Waals surface area contributed by atoms with Crippen LogP contribution in [0.3, 0.4) is 0 Å². The van der Waals surface area contributed by atoms with Crippen LogP contribution in [0.5, 0.6) is 11.5 Å². The van der Waals surface area contributed by atoms with E-state index >= 15 is 0 Å². The minimum atomic E-state index is -0.294. The maximum Gasteiger partial charge on any atom is 0.255 e. The van der Waals surface area contributed by atoms with Crippen molar-refractivity contribution in [2.45, 2.75) is 33.3 Å². The van der Waals surface area contributed by atoms with E-state index < -0.39 is 0 Å². The molecule has 1 fully saturated rings. The van der Waals surface area contributed by atoms with Crippen LogP contribution in [0.15, 0.2) is 42.5 Å². The summed E-state index contributed by atoms with van der Waals surface area (Å²) in [5, 5.41) is 5.76. The van der Waals surface area contributed by atoms with Gasteiger partial charge in [-0.3, -0.25) is 9.59 Å². The van der Waals surface area contributed by atoms with Crippen LogP contribution in [0.4, 0.5) is 11.4 Å². The van der Waals surface area contributed by atoms with Gasteiger partial charge in [-0.2, -0.15) is 0 Å². The monoisotopic (exact) mass is 382 g/mol. The topological polar surface area (TPSA) is 76.7 Å². The Bertz CT molecular complexity index is 879. The van der Waals surface area contributed by atoms with Gasteiger partial charge in [-0.05, 0) is 56.5 Å². The third kappa shape index (κ3) is 4.82. The highest BCUT2D eigenvalue weighted by molar-refractivity contribution is 6.06. The van der Waals surface area contributed by atoms with Gasteiger partial charge in [0.2, 0.25) is 5.91 Å². The van der Waals surface area contributed by atoms with Crippen molar-refractivity contribution in [2.75, 3.05) is 17.7 Å². The van der Waals surface area contributed by atoms with Crippen LogP contribution in [0.25, 0.3) is 0 Å². The number of nitrogens with one attached hydrogen (secondary N) is 2. The smallest absolute Gasteiger partial charge is 0.255 e. The Morgan fingerprint density at radius 2 is 1.86 bits per heavy atom. The molecular formula is C22H26N2O4. The van der Waals surface area contributed by atoms with Crippen LogP contribution in [-0.2, 0) is 4.79 Å². The summed E-state index contributed by atoms with van der Waals surface area (Å²) in [4.78, 5) is 24.9. The van der Waals surface area contributed by atoms with Crippen LogP contribution >= 0.6 is 0 Å². The summed E-state index contributed by atoms with van der Waals surface area (Å²) in [5.41, 5.74) is 1.58. The van der Waals surface area contributed by atoms with Crippen molar-refractivity contribution in [3.8, 4) is 11.5 Å². The summed E-state index contributed by atoms with van der Waals surface area (Å²) in [6.45, 7) is 5.89. The van der Waals surface area contributed by atoms with Crippen LogP contribution in [0.2, 0.25) is 0 Å². The predicted molar refractivity (Wildman–Crippen MR) is 109 cm³/mol. The quantitative estimate of drug-likeness (QED) is 0.747. The fraction of sp³-hybridized carbons (Fsp3) is 0.364. The molecule has 2 atom stereocenters. The van der Waals surface area contributed by atoms with Gasteiger partial charge in [0.05, 0.1) is 18.9 Å². The fourth-order valence-corrected chi connectivity index (χ4v) is 2.95. The van der Waals surface area contributed by atoms with Crippen molar-refractivity contribution in [2.24, 2.45) is 11.8 Å². The standard InChI is InChI=1S/C22H26N2O4/c1-13(2)28-20-9-8-17(27-4)12-19(20)24-21(25)15-6-5-7-16(11-15)23-22(26)18-10-14(18)3/h5-9,11-14,18H,10H2,1-4H3,(H,23,26)(H,24,25). The van der Waals surface area contributed by atoms with E-state index in [9.17, 15) is 9.59 Å². The zero-order valence-corrected chi connectivity index (χ0v) is 16.6. The van der Waals surface area contributed by atoms with E-state index in [1.807, 2.05) is 13.8 Å². The van der Waals surface area contributed by atoms with Crippen molar-refractivity contribution < 1.29 is 19.1 Å². The molecular weight excluding hydrogens is 356 g/mol. The minimum Gasteiger partial charge on any atom is -0.497 e. The van der Waals surface area contributed by atoms with E-state index in [1.165, 1.54) is 0 Å². The fourth-order valence-electron chi connectivity index (χ4n) is 2.95. The summed E-state index contributed by atoms with van der Waals surface area (Å²) < 4.78 is 11.0. The predicted octanol–water partition coefficient (Wildman–Crippen LogP) is 4.33. The minimum absolute atomic E-state index is 0.00507. The molecule has 0 spiro atoms. The molecule has 2 amide bonds. The number of carbonyl (C=O) groups is 2. The lowest BCUT2D eigenvalue weighted by Crippen LogP contribution is -2.17. The molecule has 3 rings (SSSR count). The van der Waals surface area contributed by atoms with Gasteiger partial charge in [0, 0.05) is 23.2 Å². The average molecular weight is 382 g/mol. The number of benzene rings is 2. The molecule has 1 aliphatic carbocycles. The Morgan fingerprint density at radius 3 is 2.50 bits per heavy atom. The molecule has 6 nitrogen and oxygen atoms in total. The van der Waals surface area contributed by atoms with E-state index in [2.05, 4.69) is 17.6 Å². The Kier molecular flexibility index (Phi) is 5.87. The van der Waals surface area contributed by atoms with E-state index in [1.54, 1.807) is 49.6 Å². The second-order valence-electron chi connectivity index (χ2n) is 7.37. The van der Waals surface area contributed by atoms with Gasteiger partial charge < -0.3 is 20.1 Å². The molecule has 1 aliphatic rings. The molecule has 2 aromatic rings. The lowest BCUT2D eigenvalue weighted by molar-refractivity contribution is -0.117. The molecule has 0 saturated heterocycles. The largest absolute Gasteiger partial charge is 0.497 e. The summed E-state index contributed by atoms with van der Waals surface area (Å²) in [6, 6.07) is 12.2. The highest BCUT2D eigenvalue weighted by Crippen LogP contribution is 2.38. The second kappa shape index (κ2) is 8.33. The molecule has 6 heteroatoms. The highest BCUT2D eigenvalue weighted by Gasteiger charge is 2.39. The van der Waals surface area contributed by atoms with Gasteiger partial charge in [-0.1, -0.05) is 13.0 Å². The van der Waals surface area contributed by atoms with E-state index in [-0.39, 0.29) is 23.8 Å². The van der Waals surface area contributed by atoms with Crippen LogP contribution in [0.1, 0.15) is 37.6 Å². The number of rotatable bonds is 7. The summed E-state index contributed by atoms with van der Waals surface area (Å²) in [6.07, 6.45) is 0.882. The molecule has 1 saturated carbocycles. The maximum atomic E-state index is 12.8. The normalized spacial score (nSPS) is 17.8. The summed E-state index contributed by atoms with van der Waals surface area (Å²) in [7, 11) is 1.57. The SMILES string of the molecule is COc1ccc(OC(C)C)c(NC(=O)c2cccc(NC(=O)C3CC3C)c2)c1. The van der Waals surface area contributed by atoms with Crippen molar-refractivity contribution in [1.29, 1.82) is 0 Å². The third-order valence-electron chi connectivity index (χ3n) is 4.64. The first kappa shape index (κ1) is 19.7. The van der Waals surface area contributed by atoms with Crippen LogP contribution in [-0.4, -0.2) is 25.0 Å². The molecule has 0 radical (unpaired) electrons. The first-order valence-corrected chi connectivity index (χ1v) is 9.44. The number of anilines is 2. The van der Waals surface area contributed by atoms with Crippen molar-refractivity contribution in [3.05, 3.63) is 48.0 Å². The zero-order chi connectivity index (χ0) is 20.3. The zero-order valence-electron chi connectivity index (χ0n) is 16.6. The lowest BCUT2D eigenvalue weighted by atomic mass is 10.1. The Labute approximate surface area is 165 Å². The molecule has 0 aromatic heterocycles. The van der Waals surface area contributed by atoms with E-state index in [0.29, 0.717) is 34.4 Å². The van der Waals surface area contributed by atoms with Crippen molar-refractivity contribution in [1.82, 2.24) is 0 Å². The Morgan fingerprint density at radius 1 is 1.11 bits per heavy atom. The Hall–Kier alpha value is -3.02. The van der Waals surface area contributed by atoms with E-state index in [4.69, 9.17) is 9.47 Å². The number of ether oxygens (including phenoxy) is 2. The molecule has 0 bridgehead atoms. The lowest BCUT2D eigenvalue weighted by Gasteiger charge is -2.16. The number of amides is 2. The summed E-state index contributed by atoms with van der Waals surface area (Å²) in [5.74, 6) is 1.40. The summed E-state index contributed by atoms with van der Waals surface area (Å²) >= 11 is 0. The number of hydrogen-bond donors (Lipinski definition) is 2. The van der Waals surface area contributed by atoms with Gasteiger partial charge in [0.15, 0.2) is 0 Å². The second-order valence-corrected chi connectivity index (χ2v) is 7.37. The van der Waals surface area contributed by atoms with Crippen molar-refractivity contribution >= 4 is 23.2 Å². The first-order chi connectivity index (χ1) is 13.4. The maximum absolute atomic E-state index is 12.8. The number of carbonyl (C=O) groups excluding carboxylic acids is 2. The third-order valence-corrected chi connectivity index (χ3v) is 4.64. The van der Waals surface area contributed by atoms with Crippen molar-refractivity contribution in [3.63, 3.8) is 0 Å². The Balaban J connectivity index is 1.75. The molecule has 0 aliphatic heterocycles. The first-order valence-electron chi connectivity index (χ1n) is 9.44. The molecule has 2 aromatic carbocycles. The van der Waals surface area contributed by atoms with Gasteiger partial charge >= 0.3 is 0 Å². The highest BCUT2D eigenvalue weighted by atomic mass is 16.5. The van der Waals surface area contributed by atoms with Crippen LogP contribution in [0, 0.1) is 11.8 Å². The average Bonchev–Trinajstić information content (AvgIpc) is 3.40. The van der Waals surface area contributed by atoms with Gasteiger partial charge in [0.25, 0.3) is 5.91 Å². The molecule has 0 heterocycles. The van der Waals surface area contributed by atoms with E-state index in [0.717, 1.165) is 6.42 Å². The molecule has 148 valence electrons.